The summed E-state index contributed by atoms with van der Waals surface area (Å²) in [6.07, 6.45) is 2.08. The lowest BCUT2D eigenvalue weighted by atomic mass is 9.96. The molecule has 0 saturated carbocycles. The zero-order chi connectivity index (χ0) is 20.1. The summed E-state index contributed by atoms with van der Waals surface area (Å²) in [5.41, 5.74) is 4.11. The maximum atomic E-state index is 12.3. The van der Waals surface area contributed by atoms with Crippen LogP contribution < -0.4 is 0 Å². The van der Waals surface area contributed by atoms with Crippen LogP contribution in [-0.2, 0) is 25.2 Å². The summed E-state index contributed by atoms with van der Waals surface area (Å²) >= 11 is 0. The van der Waals surface area contributed by atoms with Crippen LogP contribution in [0.5, 0.6) is 0 Å². The van der Waals surface area contributed by atoms with E-state index in [-0.39, 0.29) is 12.7 Å². The third kappa shape index (κ3) is 4.33. The Hall–Kier alpha value is -2.47. The molecule has 148 valence electrons. The Balaban J connectivity index is 1.68. The summed E-state index contributed by atoms with van der Waals surface area (Å²) in [6.45, 7) is 3.66. The van der Waals surface area contributed by atoms with Gasteiger partial charge in [0.15, 0.2) is 0 Å². The van der Waals surface area contributed by atoms with Crippen molar-refractivity contribution in [2.75, 3.05) is 12.9 Å². The summed E-state index contributed by atoms with van der Waals surface area (Å²) in [6, 6.07) is 18.3. The van der Waals surface area contributed by atoms with E-state index in [0.717, 1.165) is 22.4 Å². The average Bonchev–Trinajstić information content (AvgIpc) is 3.17. The van der Waals surface area contributed by atoms with Crippen molar-refractivity contribution in [2.24, 2.45) is 5.16 Å². The minimum Gasteiger partial charge on any atom is -0.465 e. The van der Waals surface area contributed by atoms with Crippen LogP contribution in [0.3, 0.4) is 0 Å². The van der Waals surface area contributed by atoms with Crippen molar-refractivity contribution in [3.05, 3.63) is 60.2 Å². The van der Waals surface area contributed by atoms with E-state index in [9.17, 15) is 9.00 Å². The lowest BCUT2D eigenvalue weighted by molar-refractivity contribution is -0.146. The first-order chi connectivity index (χ1) is 13.4. The Bertz CT molecular complexity index is 879. The zero-order valence-electron chi connectivity index (χ0n) is 16.4. The average molecular weight is 400 g/mol. The zero-order valence-corrected chi connectivity index (χ0v) is 17.2. The molecule has 2 aromatic carbocycles. The number of hydrogen-bond acceptors (Lipinski definition) is 5. The van der Waals surface area contributed by atoms with Gasteiger partial charge in [-0.3, -0.25) is 9.00 Å². The molecule has 3 rings (SSSR count). The molecular weight excluding hydrogens is 374 g/mol. The van der Waals surface area contributed by atoms with Crippen LogP contribution in [0.4, 0.5) is 0 Å². The molecule has 1 aliphatic rings. The first-order valence-corrected chi connectivity index (χ1v) is 10.9. The Labute approximate surface area is 168 Å². The summed E-state index contributed by atoms with van der Waals surface area (Å²) in [5.74, 6) is -0.458. The Morgan fingerprint density at radius 3 is 2.36 bits per heavy atom. The highest BCUT2D eigenvalue weighted by Gasteiger charge is 2.43. The van der Waals surface area contributed by atoms with Crippen LogP contribution in [0, 0.1) is 0 Å². The molecule has 0 radical (unpaired) electrons. The standard InChI is InChI=1S/C22H25NO4S/c1-4-26-21(24)22(2,28(3)25)15-19-14-20(23-27-19)18-12-10-17(11-13-18)16-8-6-5-7-9-16/h5-13,19H,4,14-15H2,1-3H3. The van der Waals surface area contributed by atoms with Gasteiger partial charge in [0.05, 0.1) is 12.3 Å². The second-order valence-corrected chi connectivity index (χ2v) is 8.83. The lowest BCUT2D eigenvalue weighted by Gasteiger charge is -2.26. The normalized spacial score (nSPS) is 19.2. The highest BCUT2D eigenvalue weighted by molar-refractivity contribution is 7.86. The van der Waals surface area contributed by atoms with Gasteiger partial charge in [0.1, 0.15) is 10.9 Å². The third-order valence-corrected chi connectivity index (χ3v) is 6.62. The topological polar surface area (TPSA) is 65.0 Å². The number of ether oxygens (including phenoxy) is 1. The van der Waals surface area contributed by atoms with Crippen molar-refractivity contribution < 1.29 is 18.6 Å². The van der Waals surface area contributed by atoms with Gasteiger partial charge in [0.2, 0.25) is 0 Å². The summed E-state index contributed by atoms with van der Waals surface area (Å²) in [4.78, 5) is 17.9. The van der Waals surface area contributed by atoms with E-state index in [2.05, 4.69) is 29.4 Å². The maximum absolute atomic E-state index is 12.3. The second kappa shape index (κ2) is 8.69. The van der Waals surface area contributed by atoms with Gasteiger partial charge in [-0.05, 0) is 30.5 Å². The molecule has 0 saturated heterocycles. The van der Waals surface area contributed by atoms with Gasteiger partial charge in [-0.1, -0.05) is 59.8 Å². The van der Waals surface area contributed by atoms with Crippen LogP contribution in [0.2, 0.25) is 0 Å². The number of rotatable bonds is 7. The van der Waals surface area contributed by atoms with Crippen LogP contribution in [-0.4, -0.2) is 39.6 Å². The van der Waals surface area contributed by atoms with Crippen molar-refractivity contribution in [3.8, 4) is 11.1 Å². The van der Waals surface area contributed by atoms with Gasteiger partial charge < -0.3 is 9.57 Å². The molecule has 6 heteroatoms. The van der Waals surface area contributed by atoms with Crippen molar-refractivity contribution in [2.45, 2.75) is 37.5 Å². The molecule has 5 nitrogen and oxygen atoms in total. The van der Waals surface area contributed by atoms with Crippen molar-refractivity contribution >= 4 is 22.5 Å². The fourth-order valence-corrected chi connectivity index (χ4v) is 3.94. The first kappa shape index (κ1) is 20.3. The SMILES string of the molecule is CCOC(=O)C(C)(CC1CC(c2ccc(-c3ccccc3)cc2)=NO1)S(C)=O. The Kier molecular flexibility index (Phi) is 6.29. The molecule has 0 aliphatic carbocycles. The molecule has 0 aromatic heterocycles. The van der Waals surface area contributed by atoms with E-state index >= 15 is 0 Å². The van der Waals surface area contributed by atoms with E-state index in [1.807, 2.05) is 30.3 Å². The number of carbonyl (C=O) groups is 1. The fraction of sp³-hybridized carbons (Fsp3) is 0.364. The summed E-state index contributed by atoms with van der Waals surface area (Å²) < 4.78 is 16.2. The highest BCUT2D eigenvalue weighted by Crippen LogP contribution is 2.29. The van der Waals surface area contributed by atoms with Gasteiger partial charge >= 0.3 is 5.97 Å². The van der Waals surface area contributed by atoms with E-state index in [1.54, 1.807) is 13.8 Å². The van der Waals surface area contributed by atoms with E-state index in [0.29, 0.717) is 12.8 Å². The molecule has 3 unspecified atom stereocenters. The quantitative estimate of drug-likeness (QED) is 0.662. The number of benzene rings is 2. The molecule has 0 fully saturated rings. The van der Waals surface area contributed by atoms with E-state index < -0.39 is 21.5 Å². The van der Waals surface area contributed by atoms with Crippen molar-refractivity contribution in [1.29, 1.82) is 0 Å². The molecular formula is C22H25NO4S. The van der Waals surface area contributed by atoms with Crippen LogP contribution in [0.25, 0.3) is 11.1 Å². The van der Waals surface area contributed by atoms with Crippen LogP contribution in [0.15, 0.2) is 59.8 Å². The minimum absolute atomic E-state index is 0.257. The molecule has 1 heterocycles. The minimum atomic E-state index is -1.38. The molecule has 0 spiro atoms. The second-order valence-electron chi connectivity index (χ2n) is 7.02. The predicted molar refractivity (Wildman–Crippen MR) is 112 cm³/mol. The third-order valence-electron chi connectivity index (χ3n) is 5.02. The number of oxime groups is 1. The predicted octanol–water partition coefficient (Wildman–Crippen LogP) is 3.94. The van der Waals surface area contributed by atoms with Gasteiger partial charge in [-0.15, -0.1) is 0 Å². The van der Waals surface area contributed by atoms with Gasteiger partial charge in [0.25, 0.3) is 0 Å². The number of nitrogens with zero attached hydrogens (tertiary/aromatic N) is 1. The van der Waals surface area contributed by atoms with Crippen LogP contribution >= 0.6 is 0 Å². The fourth-order valence-electron chi connectivity index (χ4n) is 3.23. The summed E-state index contributed by atoms with van der Waals surface area (Å²) in [7, 11) is -1.38. The van der Waals surface area contributed by atoms with Gasteiger partial charge in [-0.2, -0.15) is 0 Å². The molecule has 0 amide bonds. The molecule has 3 atom stereocenters. The van der Waals surface area contributed by atoms with Crippen molar-refractivity contribution in [3.63, 3.8) is 0 Å². The van der Waals surface area contributed by atoms with Gasteiger partial charge in [-0.25, -0.2) is 0 Å². The largest absolute Gasteiger partial charge is 0.465 e. The Morgan fingerprint density at radius 1 is 1.14 bits per heavy atom. The number of hydrogen-bond donors (Lipinski definition) is 0. The molecule has 28 heavy (non-hydrogen) atoms. The highest BCUT2D eigenvalue weighted by atomic mass is 32.2. The maximum Gasteiger partial charge on any atom is 0.324 e. The summed E-state index contributed by atoms with van der Waals surface area (Å²) in [5, 5.41) is 4.20. The van der Waals surface area contributed by atoms with Crippen molar-refractivity contribution in [1.82, 2.24) is 0 Å². The van der Waals surface area contributed by atoms with E-state index in [4.69, 9.17) is 9.57 Å². The van der Waals surface area contributed by atoms with Gasteiger partial charge in [0, 0.05) is 29.9 Å². The van der Waals surface area contributed by atoms with E-state index in [1.165, 1.54) is 6.26 Å². The molecule has 0 bridgehead atoms. The number of esters is 1. The molecule has 0 N–H and O–H groups in total. The monoisotopic (exact) mass is 399 g/mol. The molecule has 1 aliphatic heterocycles. The number of carbonyl (C=O) groups excluding carboxylic acids is 1. The lowest BCUT2D eigenvalue weighted by Crippen LogP contribution is -2.44. The van der Waals surface area contributed by atoms with Crippen LogP contribution in [0.1, 0.15) is 32.3 Å². The molecule has 2 aromatic rings. The smallest absolute Gasteiger partial charge is 0.324 e. The Morgan fingerprint density at radius 2 is 1.75 bits per heavy atom. The first-order valence-electron chi connectivity index (χ1n) is 9.33.